The van der Waals surface area contributed by atoms with Crippen molar-refractivity contribution in [3.63, 3.8) is 0 Å². The predicted molar refractivity (Wildman–Crippen MR) is 94.0 cm³/mol. The zero-order valence-electron chi connectivity index (χ0n) is 14.8. The Kier molecular flexibility index (Phi) is 7.92. The number of aliphatic hydroxyl groups is 1. The van der Waals surface area contributed by atoms with Crippen molar-refractivity contribution < 1.29 is 38.3 Å². The van der Waals surface area contributed by atoms with Crippen LogP contribution >= 0.6 is 0 Å². The Balaban J connectivity index is 0.00000288. The third-order valence-corrected chi connectivity index (χ3v) is 4.05. The van der Waals surface area contributed by atoms with Gasteiger partial charge in [0.05, 0.1) is 25.0 Å². The van der Waals surface area contributed by atoms with Gasteiger partial charge in [0.15, 0.2) is 0 Å². The standard InChI is InChI=1S/C19H29N2O2.HI/c1-5-16-7-9-17(10-8-16)15-21(13-11-20-18(21)22)12-6-14-23-19(2,3)4;/h5,7-11,13,18,20,22H,1,6,12,14-15H2,2-4H3;1H/q+1;/p-1. The van der Waals surface area contributed by atoms with Crippen molar-refractivity contribution >= 4 is 6.08 Å². The van der Waals surface area contributed by atoms with E-state index < -0.39 is 6.35 Å². The first kappa shape index (κ1) is 21.2. The summed E-state index contributed by atoms with van der Waals surface area (Å²) in [6, 6.07) is 8.31. The molecular formula is C19H29IN2O2. The highest BCUT2D eigenvalue weighted by molar-refractivity contribution is 5.47. The highest BCUT2D eigenvalue weighted by atomic mass is 127. The van der Waals surface area contributed by atoms with Gasteiger partial charge in [0.1, 0.15) is 12.7 Å². The topological polar surface area (TPSA) is 41.5 Å². The van der Waals surface area contributed by atoms with Crippen molar-refractivity contribution in [1.82, 2.24) is 5.32 Å². The number of hydrogen-bond donors (Lipinski definition) is 2. The molecular weight excluding hydrogens is 415 g/mol. The Labute approximate surface area is 162 Å². The van der Waals surface area contributed by atoms with E-state index in [9.17, 15) is 5.11 Å². The average Bonchev–Trinajstić information content (AvgIpc) is 2.85. The van der Waals surface area contributed by atoms with E-state index in [0.29, 0.717) is 11.1 Å². The van der Waals surface area contributed by atoms with Gasteiger partial charge in [-0.2, -0.15) is 0 Å². The molecule has 1 aliphatic heterocycles. The largest absolute Gasteiger partial charge is 1.00 e. The highest BCUT2D eigenvalue weighted by Crippen LogP contribution is 2.23. The van der Waals surface area contributed by atoms with Gasteiger partial charge >= 0.3 is 0 Å². The molecule has 4 nitrogen and oxygen atoms in total. The summed E-state index contributed by atoms with van der Waals surface area (Å²) in [5.74, 6) is 0. The van der Waals surface area contributed by atoms with E-state index in [1.54, 1.807) is 0 Å². The fourth-order valence-corrected chi connectivity index (χ4v) is 2.76. The van der Waals surface area contributed by atoms with Gasteiger partial charge in [-0.25, -0.2) is 4.48 Å². The number of aliphatic hydroxyl groups excluding tert-OH is 1. The van der Waals surface area contributed by atoms with Crippen molar-refractivity contribution in [2.75, 3.05) is 13.2 Å². The molecule has 0 amide bonds. The van der Waals surface area contributed by atoms with Crippen molar-refractivity contribution in [3.8, 4) is 0 Å². The lowest BCUT2D eigenvalue weighted by Gasteiger charge is -2.35. The number of hydrogen-bond acceptors (Lipinski definition) is 3. The molecule has 134 valence electrons. The maximum Gasteiger partial charge on any atom is 0.276 e. The van der Waals surface area contributed by atoms with Gasteiger partial charge in [-0.3, -0.25) is 0 Å². The highest BCUT2D eigenvalue weighted by Gasteiger charge is 2.37. The Morgan fingerprint density at radius 1 is 1.29 bits per heavy atom. The fraction of sp³-hybridized carbons (Fsp3) is 0.474. The van der Waals surface area contributed by atoms with E-state index in [1.807, 2.05) is 18.5 Å². The summed E-state index contributed by atoms with van der Waals surface area (Å²) in [6.07, 6.45) is 6.01. The van der Waals surface area contributed by atoms with Crippen molar-refractivity contribution in [2.24, 2.45) is 0 Å². The van der Waals surface area contributed by atoms with Gasteiger partial charge in [0, 0.05) is 12.0 Å². The molecule has 0 saturated carbocycles. The van der Waals surface area contributed by atoms with Gasteiger partial charge in [-0.05, 0) is 26.3 Å². The molecule has 1 aliphatic rings. The Hall–Kier alpha value is -0.890. The summed E-state index contributed by atoms with van der Waals surface area (Å²) in [5.41, 5.74) is 2.18. The molecule has 1 aromatic rings. The Morgan fingerprint density at radius 3 is 2.46 bits per heavy atom. The second kappa shape index (κ2) is 8.99. The first-order valence-electron chi connectivity index (χ1n) is 8.18. The second-order valence-electron chi connectivity index (χ2n) is 7.10. The van der Waals surface area contributed by atoms with Crippen LogP contribution in [0.4, 0.5) is 0 Å². The summed E-state index contributed by atoms with van der Waals surface area (Å²) in [6.45, 7) is 12.2. The van der Waals surface area contributed by atoms with Crippen LogP contribution in [-0.2, 0) is 11.3 Å². The first-order valence-corrected chi connectivity index (χ1v) is 8.18. The van der Waals surface area contributed by atoms with Crippen molar-refractivity contribution in [1.29, 1.82) is 0 Å². The molecule has 0 spiro atoms. The van der Waals surface area contributed by atoms with E-state index in [1.165, 1.54) is 5.56 Å². The number of ether oxygens (including phenoxy) is 1. The fourth-order valence-electron chi connectivity index (χ4n) is 2.76. The lowest BCUT2D eigenvalue weighted by atomic mass is 10.1. The van der Waals surface area contributed by atoms with Gasteiger partial charge in [0.25, 0.3) is 6.35 Å². The maximum atomic E-state index is 10.4. The molecule has 0 bridgehead atoms. The zero-order chi connectivity index (χ0) is 16.9. The minimum Gasteiger partial charge on any atom is -1.00 e. The number of rotatable bonds is 7. The molecule has 1 aromatic carbocycles. The molecule has 1 heterocycles. The van der Waals surface area contributed by atoms with E-state index in [4.69, 9.17) is 4.74 Å². The molecule has 2 atom stereocenters. The lowest BCUT2D eigenvalue weighted by Crippen LogP contribution is -3.00. The quantitative estimate of drug-likeness (QED) is 0.359. The molecule has 0 aromatic heterocycles. The Morgan fingerprint density at radius 2 is 1.96 bits per heavy atom. The molecule has 0 radical (unpaired) electrons. The molecule has 2 N–H and O–H groups in total. The van der Waals surface area contributed by atoms with E-state index in [0.717, 1.165) is 25.1 Å². The third kappa shape index (κ3) is 5.88. The smallest absolute Gasteiger partial charge is 0.276 e. The van der Waals surface area contributed by atoms with Gasteiger partial charge < -0.3 is 39.1 Å². The monoisotopic (exact) mass is 444 g/mol. The summed E-state index contributed by atoms with van der Waals surface area (Å²) < 4.78 is 6.29. The number of nitrogens with one attached hydrogen (secondary N) is 1. The van der Waals surface area contributed by atoms with E-state index >= 15 is 0 Å². The van der Waals surface area contributed by atoms with Crippen LogP contribution in [-0.4, -0.2) is 34.7 Å². The third-order valence-electron chi connectivity index (χ3n) is 4.05. The van der Waals surface area contributed by atoms with Crippen molar-refractivity contribution in [2.45, 2.75) is 45.7 Å². The maximum absolute atomic E-state index is 10.4. The first-order chi connectivity index (χ1) is 10.8. The predicted octanol–water partition coefficient (Wildman–Crippen LogP) is 0.206. The van der Waals surface area contributed by atoms with Crippen molar-refractivity contribution in [3.05, 3.63) is 54.4 Å². The zero-order valence-corrected chi connectivity index (χ0v) is 17.0. The summed E-state index contributed by atoms with van der Waals surface area (Å²) in [5, 5.41) is 13.4. The van der Waals surface area contributed by atoms with Crippen LogP contribution in [0.15, 0.2) is 43.2 Å². The average molecular weight is 444 g/mol. The van der Waals surface area contributed by atoms with Crippen LogP contribution < -0.4 is 29.3 Å². The number of benzene rings is 1. The minimum atomic E-state index is -0.608. The molecule has 2 unspecified atom stereocenters. The summed E-state index contributed by atoms with van der Waals surface area (Å²) in [4.78, 5) is 0. The van der Waals surface area contributed by atoms with Crippen LogP contribution in [0.25, 0.3) is 6.08 Å². The molecule has 24 heavy (non-hydrogen) atoms. The lowest BCUT2D eigenvalue weighted by molar-refractivity contribution is -0.935. The van der Waals surface area contributed by atoms with Gasteiger partial charge in [0.2, 0.25) is 0 Å². The number of halogens is 1. The van der Waals surface area contributed by atoms with E-state index in [2.05, 4.69) is 56.9 Å². The molecule has 0 saturated heterocycles. The van der Waals surface area contributed by atoms with Gasteiger partial charge in [-0.15, -0.1) is 0 Å². The normalized spacial score (nSPS) is 22.8. The molecule has 0 aliphatic carbocycles. The number of quaternary nitrogens is 1. The van der Waals surface area contributed by atoms with Crippen LogP contribution in [0.5, 0.6) is 0 Å². The van der Waals surface area contributed by atoms with Gasteiger partial charge in [-0.1, -0.05) is 36.9 Å². The van der Waals surface area contributed by atoms with Crippen LogP contribution in [0.2, 0.25) is 0 Å². The summed E-state index contributed by atoms with van der Waals surface area (Å²) in [7, 11) is 0. The molecule has 0 fully saturated rings. The van der Waals surface area contributed by atoms with Crippen LogP contribution in [0, 0.1) is 0 Å². The van der Waals surface area contributed by atoms with E-state index in [-0.39, 0.29) is 29.6 Å². The van der Waals surface area contributed by atoms with Crippen LogP contribution in [0.3, 0.4) is 0 Å². The SMILES string of the molecule is C=Cc1ccc(C[N+]2(CCCOC(C)(C)C)C=CNC2O)cc1.[I-]. The molecule has 2 rings (SSSR count). The van der Waals surface area contributed by atoms with Crippen LogP contribution in [0.1, 0.15) is 38.3 Å². The minimum absolute atomic E-state index is 0. The summed E-state index contributed by atoms with van der Waals surface area (Å²) >= 11 is 0. The Bertz CT molecular complexity index is 551. The second-order valence-corrected chi connectivity index (χ2v) is 7.10. The molecule has 5 heteroatoms. The number of nitrogens with zero attached hydrogens (tertiary/aromatic N) is 1.